The van der Waals surface area contributed by atoms with Gasteiger partial charge in [0.1, 0.15) is 5.82 Å². The number of hydrogen-bond donors (Lipinski definition) is 2. The number of anilines is 1. The molecule has 0 spiro atoms. The summed E-state index contributed by atoms with van der Waals surface area (Å²) in [6.07, 6.45) is 0. The lowest BCUT2D eigenvalue weighted by atomic mass is 10.1. The first-order valence-electron chi connectivity index (χ1n) is 9.43. The average Bonchev–Trinajstić information content (AvgIpc) is 3.17. The SMILES string of the molecule is CCN(CC(=O)NCc1ccc(F)cc1)C(=O)c1ccc(N2CCNC2=O)cc1. The molecule has 29 heavy (non-hydrogen) atoms. The van der Waals surface area contributed by atoms with Crippen LogP contribution >= 0.6 is 0 Å². The van der Waals surface area contributed by atoms with E-state index in [0.717, 1.165) is 11.3 Å². The van der Waals surface area contributed by atoms with Gasteiger partial charge in [-0.2, -0.15) is 0 Å². The summed E-state index contributed by atoms with van der Waals surface area (Å²) in [5.41, 5.74) is 1.94. The van der Waals surface area contributed by atoms with Crippen LogP contribution in [0.15, 0.2) is 48.5 Å². The number of halogens is 1. The molecule has 4 amide bonds. The van der Waals surface area contributed by atoms with E-state index in [4.69, 9.17) is 0 Å². The van der Waals surface area contributed by atoms with Crippen molar-refractivity contribution < 1.29 is 18.8 Å². The van der Waals surface area contributed by atoms with Gasteiger partial charge in [-0.25, -0.2) is 9.18 Å². The van der Waals surface area contributed by atoms with E-state index in [1.807, 2.05) is 0 Å². The van der Waals surface area contributed by atoms with Crippen LogP contribution in [0.2, 0.25) is 0 Å². The van der Waals surface area contributed by atoms with E-state index < -0.39 is 0 Å². The van der Waals surface area contributed by atoms with E-state index in [1.165, 1.54) is 17.0 Å². The number of nitrogens with zero attached hydrogens (tertiary/aromatic N) is 2. The maximum atomic E-state index is 12.9. The molecule has 0 bridgehead atoms. The summed E-state index contributed by atoms with van der Waals surface area (Å²) in [6, 6.07) is 12.5. The van der Waals surface area contributed by atoms with Gasteiger partial charge < -0.3 is 15.5 Å². The Morgan fingerprint density at radius 3 is 2.41 bits per heavy atom. The molecule has 0 unspecified atom stereocenters. The fraction of sp³-hybridized carbons (Fsp3) is 0.286. The molecule has 1 fully saturated rings. The van der Waals surface area contributed by atoms with Gasteiger partial charge in [-0.05, 0) is 48.9 Å². The molecule has 0 atom stereocenters. The lowest BCUT2D eigenvalue weighted by Gasteiger charge is -2.21. The minimum atomic E-state index is -0.334. The van der Waals surface area contributed by atoms with Gasteiger partial charge in [-0.3, -0.25) is 14.5 Å². The Kier molecular flexibility index (Phi) is 6.43. The molecule has 0 radical (unpaired) electrons. The molecule has 8 heteroatoms. The monoisotopic (exact) mass is 398 g/mol. The number of likely N-dealkylation sites (N-methyl/N-ethyl adjacent to an activating group) is 1. The normalized spacial score (nSPS) is 13.2. The Morgan fingerprint density at radius 2 is 1.83 bits per heavy atom. The van der Waals surface area contributed by atoms with E-state index in [0.29, 0.717) is 25.2 Å². The van der Waals surface area contributed by atoms with Crippen LogP contribution in [0.1, 0.15) is 22.8 Å². The van der Waals surface area contributed by atoms with Crippen LogP contribution < -0.4 is 15.5 Å². The maximum Gasteiger partial charge on any atom is 0.321 e. The summed E-state index contributed by atoms with van der Waals surface area (Å²) in [6.45, 7) is 3.54. The Balaban J connectivity index is 1.57. The molecule has 1 heterocycles. The average molecular weight is 398 g/mol. The van der Waals surface area contributed by atoms with Crippen molar-refractivity contribution in [3.8, 4) is 0 Å². The summed E-state index contributed by atoms with van der Waals surface area (Å²) in [4.78, 5) is 39.7. The highest BCUT2D eigenvalue weighted by Crippen LogP contribution is 2.18. The fourth-order valence-electron chi connectivity index (χ4n) is 3.04. The Morgan fingerprint density at radius 1 is 1.14 bits per heavy atom. The minimum absolute atomic E-state index is 0.0766. The van der Waals surface area contributed by atoms with Crippen molar-refractivity contribution in [2.75, 3.05) is 31.1 Å². The number of rotatable bonds is 7. The van der Waals surface area contributed by atoms with Crippen molar-refractivity contribution >= 4 is 23.5 Å². The Hall–Kier alpha value is -3.42. The quantitative estimate of drug-likeness (QED) is 0.750. The molecule has 152 valence electrons. The molecule has 0 aliphatic carbocycles. The highest BCUT2D eigenvalue weighted by molar-refractivity contribution is 5.98. The molecule has 0 aromatic heterocycles. The van der Waals surface area contributed by atoms with Gasteiger partial charge in [0.25, 0.3) is 5.91 Å². The first-order valence-corrected chi connectivity index (χ1v) is 9.43. The molecule has 3 rings (SSSR count). The van der Waals surface area contributed by atoms with Crippen LogP contribution in [-0.2, 0) is 11.3 Å². The fourth-order valence-corrected chi connectivity index (χ4v) is 3.04. The lowest BCUT2D eigenvalue weighted by Crippen LogP contribution is -2.40. The third kappa shape index (κ3) is 5.10. The Labute approximate surface area is 168 Å². The van der Waals surface area contributed by atoms with Crippen molar-refractivity contribution in [2.45, 2.75) is 13.5 Å². The number of amides is 4. The molecule has 2 aromatic rings. The predicted molar refractivity (Wildman–Crippen MR) is 107 cm³/mol. The van der Waals surface area contributed by atoms with Crippen LogP contribution in [-0.4, -0.2) is 48.9 Å². The summed E-state index contributed by atoms with van der Waals surface area (Å²) >= 11 is 0. The predicted octanol–water partition coefficient (Wildman–Crippen LogP) is 2.13. The molecule has 1 saturated heterocycles. The summed E-state index contributed by atoms with van der Waals surface area (Å²) in [7, 11) is 0. The number of carbonyl (C=O) groups excluding carboxylic acids is 3. The van der Waals surface area contributed by atoms with Gasteiger partial charge in [0.15, 0.2) is 0 Å². The standard InChI is InChI=1S/C21H23FN4O3/c1-2-25(14-19(27)24-13-15-3-7-17(22)8-4-15)20(28)16-5-9-18(10-6-16)26-12-11-23-21(26)29/h3-10H,2,11-14H2,1H3,(H,23,29)(H,24,27). The molecule has 2 N–H and O–H groups in total. The van der Waals surface area contributed by atoms with Crippen molar-refractivity contribution in [3.63, 3.8) is 0 Å². The van der Waals surface area contributed by atoms with Crippen molar-refractivity contribution in [1.29, 1.82) is 0 Å². The van der Waals surface area contributed by atoms with Crippen LogP contribution in [0.25, 0.3) is 0 Å². The zero-order chi connectivity index (χ0) is 20.8. The van der Waals surface area contributed by atoms with E-state index in [1.54, 1.807) is 48.2 Å². The number of hydrogen-bond acceptors (Lipinski definition) is 3. The van der Waals surface area contributed by atoms with Crippen molar-refractivity contribution in [3.05, 3.63) is 65.5 Å². The lowest BCUT2D eigenvalue weighted by molar-refractivity contribution is -0.121. The van der Waals surface area contributed by atoms with E-state index in [-0.39, 0.29) is 36.8 Å². The van der Waals surface area contributed by atoms with Gasteiger partial charge in [0.2, 0.25) is 5.91 Å². The number of carbonyl (C=O) groups is 3. The second kappa shape index (κ2) is 9.18. The van der Waals surface area contributed by atoms with E-state index in [9.17, 15) is 18.8 Å². The van der Waals surface area contributed by atoms with Crippen molar-refractivity contribution in [1.82, 2.24) is 15.5 Å². The molecule has 0 saturated carbocycles. The zero-order valence-electron chi connectivity index (χ0n) is 16.2. The molecule has 2 aromatic carbocycles. The first-order chi connectivity index (χ1) is 14.0. The minimum Gasteiger partial charge on any atom is -0.350 e. The maximum absolute atomic E-state index is 12.9. The third-order valence-electron chi connectivity index (χ3n) is 4.69. The zero-order valence-corrected chi connectivity index (χ0v) is 16.2. The van der Waals surface area contributed by atoms with Crippen LogP contribution in [0.4, 0.5) is 14.9 Å². The van der Waals surface area contributed by atoms with Crippen LogP contribution in [0, 0.1) is 5.82 Å². The largest absolute Gasteiger partial charge is 0.350 e. The van der Waals surface area contributed by atoms with Gasteiger partial charge >= 0.3 is 6.03 Å². The number of urea groups is 1. The van der Waals surface area contributed by atoms with E-state index >= 15 is 0 Å². The smallest absolute Gasteiger partial charge is 0.321 e. The summed E-state index contributed by atoms with van der Waals surface area (Å²) in [5, 5.41) is 5.46. The van der Waals surface area contributed by atoms with Gasteiger partial charge in [-0.1, -0.05) is 12.1 Å². The molecule has 7 nitrogen and oxygen atoms in total. The highest BCUT2D eigenvalue weighted by Gasteiger charge is 2.22. The second-order valence-electron chi connectivity index (χ2n) is 6.65. The number of nitrogens with one attached hydrogen (secondary N) is 2. The van der Waals surface area contributed by atoms with Gasteiger partial charge in [-0.15, -0.1) is 0 Å². The van der Waals surface area contributed by atoms with Crippen molar-refractivity contribution in [2.24, 2.45) is 0 Å². The second-order valence-corrected chi connectivity index (χ2v) is 6.65. The topological polar surface area (TPSA) is 81.8 Å². The van der Waals surface area contributed by atoms with Gasteiger partial charge in [0, 0.05) is 37.4 Å². The van der Waals surface area contributed by atoms with Crippen LogP contribution in [0.5, 0.6) is 0 Å². The Bertz CT molecular complexity index is 884. The summed E-state index contributed by atoms with van der Waals surface area (Å²) < 4.78 is 12.9. The molecule has 1 aliphatic rings. The molecular formula is C21H23FN4O3. The molecule has 1 aliphatic heterocycles. The van der Waals surface area contributed by atoms with Crippen LogP contribution in [0.3, 0.4) is 0 Å². The first kappa shape index (κ1) is 20.3. The van der Waals surface area contributed by atoms with E-state index in [2.05, 4.69) is 10.6 Å². The number of benzene rings is 2. The van der Waals surface area contributed by atoms with Gasteiger partial charge in [0.05, 0.1) is 6.54 Å². The summed E-state index contributed by atoms with van der Waals surface area (Å²) in [5.74, 6) is -0.893. The molecular weight excluding hydrogens is 375 g/mol. The highest BCUT2D eigenvalue weighted by atomic mass is 19.1. The third-order valence-corrected chi connectivity index (χ3v) is 4.69.